The van der Waals surface area contributed by atoms with E-state index in [1.807, 2.05) is 35.2 Å². The van der Waals surface area contributed by atoms with Gasteiger partial charge in [-0.1, -0.05) is 18.2 Å². The number of hydrogen-bond acceptors (Lipinski definition) is 4. The SMILES string of the molecule is O=C1CC(CN2CCc3nc[nH]c(=O)c3C2)CN1c1ccccc1. The van der Waals surface area contributed by atoms with Crippen molar-refractivity contribution in [3.63, 3.8) is 0 Å². The number of aromatic nitrogens is 2. The molecule has 2 aromatic rings. The third-order valence-corrected chi connectivity index (χ3v) is 4.87. The minimum Gasteiger partial charge on any atom is -0.313 e. The Morgan fingerprint density at radius 2 is 2.04 bits per heavy atom. The summed E-state index contributed by atoms with van der Waals surface area (Å²) in [7, 11) is 0. The maximum Gasteiger partial charge on any atom is 0.255 e. The van der Waals surface area contributed by atoms with Crippen molar-refractivity contribution in [1.82, 2.24) is 14.9 Å². The molecule has 1 unspecified atom stereocenters. The molecule has 1 fully saturated rings. The number of para-hydroxylation sites is 1. The fourth-order valence-electron chi connectivity index (χ4n) is 3.69. The number of aromatic amines is 1. The molecule has 24 heavy (non-hydrogen) atoms. The standard InChI is InChI=1S/C18H20N4O2/c23-17-8-13(10-22(17)14-4-2-1-3-5-14)9-21-7-6-16-15(11-21)18(24)20-12-19-16/h1-5,12-13H,6-11H2,(H,19,20,24). The molecule has 1 atom stereocenters. The van der Waals surface area contributed by atoms with E-state index in [9.17, 15) is 9.59 Å². The van der Waals surface area contributed by atoms with Crippen molar-refractivity contribution in [1.29, 1.82) is 0 Å². The molecule has 0 spiro atoms. The fraction of sp³-hybridized carbons (Fsp3) is 0.389. The van der Waals surface area contributed by atoms with E-state index in [2.05, 4.69) is 14.9 Å². The number of amides is 1. The maximum absolute atomic E-state index is 12.3. The van der Waals surface area contributed by atoms with E-state index in [1.54, 1.807) is 0 Å². The molecule has 1 amide bonds. The van der Waals surface area contributed by atoms with E-state index in [0.29, 0.717) is 18.9 Å². The number of H-pyrrole nitrogens is 1. The lowest BCUT2D eigenvalue weighted by Gasteiger charge is -2.29. The summed E-state index contributed by atoms with van der Waals surface area (Å²) in [4.78, 5) is 35.3. The van der Waals surface area contributed by atoms with Gasteiger partial charge in [0.1, 0.15) is 0 Å². The Balaban J connectivity index is 1.43. The Bertz CT molecular complexity index is 802. The van der Waals surface area contributed by atoms with Gasteiger partial charge in [0.05, 0.1) is 17.6 Å². The number of fused-ring (bicyclic) bond motifs is 1. The fourth-order valence-corrected chi connectivity index (χ4v) is 3.69. The van der Waals surface area contributed by atoms with E-state index < -0.39 is 0 Å². The van der Waals surface area contributed by atoms with E-state index in [4.69, 9.17) is 0 Å². The molecule has 1 aromatic carbocycles. The molecule has 0 aliphatic carbocycles. The van der Waals surface area contributed by atoms with Crippen LogP contribution in [0.5, 0.6) is 0 Å². The molecule has 6 nitrogen and oxygen atoms in total. The highest BCUT2D eigenvalue weighted by Crippen LogP contribution is 2.26. The Labute approximate surface area is 140 Å². The maximum atomic E-state index is 12.3. The van der Waals surface area contributed by atoms with Gasteiger partial charge in [-0.25, -0.2) is 4.98 Å². The minimum atomic E-state index is -0.0434. The van der Waals surface area contributed by atoms with Gasteiger partial charge < -0.3 is 9.88 Å². The number of hydrogen-bond donors (Lipinski definition) is 1. The quantitative estimate of drug-likeness (QED) is 0.920. The lowest BCUT2D eigenvalue weighted by Crippen LogP contribution is -2.38. The molecule has 124 valence electrons. The van der Waals surface area contributed by atoms with Gasteiger partial charge in [-0.15, -0.1) is 0 Å². The van der Waals surface area contributed by atoms with Gasteiger partial charge >= 0.3 is 0 Å². The average Bonchev–Trinajstić information content (AvgIpc) is 2.97. The highest BCUT2D eigenvalue weighted by atomic mass is 16.2. The third-order valence-electron chi connectivity index (χ3n) is 4.87. The molecular weight excluding hydrogens is 304 g/mol. The van der Waals surface area contributed by atoms with Crippen LogP contribution in [0.4, 0.5) is 5.69 Å². The first-order valence-electron chi connectivity index (χ1n) is 8.34. The zero-order chi connectivity index (χ0) is 16.5. The van der Waals surface area contributed by atoms with E-state index >= 15 is 0 Å². The van der Waals surface area contributed by atoms with Crippen LogP contribution in [0.2, 0.25) is 0 Å². The molecular formula is C18H20N4O2. The van der Waals surface area contributed by atoms with E-state index in [0.717, 1.165) is 43.0 Å². The summed E-state index contributed by atoms with van der Waals surface area (Å²) < 4.78 is 0. The van der Waals surface area contributed by atoms with Crippen LogP contribution in [0.1, 0.15) is 17.7 Å². The smallest absolute Gasteiger partial charge is 0.255 e. The first-order valence-corrected chi connectivity index (χ1v) is 8.34. The number of nitrogens with zero attached hydrogens (tertiary/aromatic N) is 3. The second-order valence-corrected chi connectivity index (χ2v) is 6.55. The first-order chi connectivity index (χ1) is 11.7. The molecule has 1 N–H and O–H groups in total. The van der Waals surface area contributed by atoms with Gasteiger partial charge in [-0.3, -0.25) is 14.5 Å². The van der Waals surface area contributed by atoms with Gasteiger partial charge in [-0.2, -0.15) is 0 Å². The minimum absolute atomic E-state index is 0.0434. The number of anilines is 1. The largest absolute Gasteiger partial charge is 0.313 e. The Morgan fingerprint density at radius 3 is 2.88 bits per heavy atom. The van der Waals surface area contributed by atoms with E-state index in [-0.39, 0.29) is 11.5 Å². The molecule has 2 aliphatic rings. The van der Waals surface area contributed by atoms with Crippen molar-refractivity contribution in [2.24, 2.45) is 5.92 Å². The normalized spacial score (nSPS) is 21.1. The first kappa shape index (κ1) is 15.1. The van der Waals surface area contributed by atoms with E-state index in [1.165, 1.54) is 6.33 Å². The van der Waals surface area contributed by atoms with Crippen LogP contribution >= 0.6 is 0 Å². The summed E-state index contributed by atoms with van der Waals surface area (Å²) in [6.45, 7) is 3.09. The lowest BCUT2D eigenvalue weighted by atomic mass is 10.0. The predicted molar refractivity (Wildman–Crippen MR) is 90.7 cm³/mol. The van der Waals surface area contributed by atoms with Crippen LogP contribution in [0, 0.1) is 5.92 Å². The van der Waals surface area contributed by atoms with Crippen molar-refractivity contribution in [2.75, 3.05) is 24.5 Å². The molecule has 0 radical (unpaired) electrons. The number of carbonyl (C=O) groups excluding carboxylic acids is 1. The molecule has 0 bridgehead atoms. The Morgan fingerprint density at radius 1 is 1.21 bits per heavy atom. The number of nitrogens with one attached hydrogen (secondary N) is 1. The van der Waals surface area contributed by atoms with Crippen LogP contribution in [-0.2, 0) is 17.8 Å². The third kappa shape index (κ3) is 2.85. The van der Waals surface area contributed by atoms with Crippen molar-refractivity contribution in [3.8, 4) is 0 Å². The van der Waals surface area contributed by atoms with Crippen LogP contribution in [0.15, 0.2) is 41.5 Å². The zero-order valence-corrected chi connectivity index (χ0v) is 13.4. The molecule has 3 heterocycles. The molecule has 2 aliphatic heterocycles. The van der Waals surface area contributed by atoms with Crippen molar-refractivity contribution >= 4 is 11.6 Å². The summed E-state index contributed by atoms with van der Waals surface area (Å²) in [5.74, 6) is 0.484. The summed E-state index contributed by atoms with van der Waals surface area (Å²) in [5, 5.41) is 0. The monoisotopic (exact) mass is 324 g/mol. The molecule has 4 rings (SSSR count). The van der Waals surface area contributed by atoms with Crippen LogP contribution in [-0.4, -0.2) is 40.4 Å². The van der Waals surface area contributed by atoms with Crippen molar-refractivity contribution < 1.29 is 4.79 Å². The highest BCUT2D eigenvalue weighted by molar-refractivity contribution is 5.95. The predicted octanol–water partition coefficient (Wildman–Crippen LogP) is 1.18. The number of rotatable bonds is 3. The lowest BCUT2D eigenvalue weighted by molar-refractivity contribution is -0.117. The summed E-state index contributed by atoms with van der Waals surface area (Å²) in [5.41, 5.74) is 2.60. The van der Waals surface area contributed by atoms with Crippen molar-refractivity contribution in [2.45, 2.75) is 19.4 Å². The topological polar surface area (TPSA) is 69.3 Å². The zero-order valence-electron chi connectivity index (χ0n) is 13.4. The summed E-state index contributed by atoms with van der Waals surface area (Å²) in [6.07, 6.45) is 2.84. The number of carbonyl (C=O) groups is 1. The number of benzene rings is 1. The van der Waals surface area contributed by atoms with Crippen LogP contribution in [0.3, 0.4) is 0 Å². The second-order valence-electron chi connectivity index (χ2n) is 6.55. The molecule has 6 heteroatoms. The Hall–Kier alpha value is -2.47. The Kier molecular flexibility index (Phi) is 3.90. The molecule has 0 saturated carbocycles. The van der Waals surface area contributed by atoms with Gasteiger partial charge in [0.2, 0.25) is 5.91 Å². The van der Waals surface area contributed by atoms with Gasteiger partial charge in [0.15, 0.2) is 0 Å². The average molecular weight is 324 g/mol. The second kappa shape index (κ2) is 6.20. The van der Waals surface area contributed by atoms with Gasteiger partial charge in [0, 0.05) is 44.7 Å². The van der Waals surface area contributed by atoms with Gasteiger partial charge in [0.25, 0.3) is 5.56 Å². The van der Waals surface area contributed by atoms with Gasteiger partial charge in [-0.05, 0) is 18.1 Å². The summed E-state index contributed by atoms with van der Waals surface area (Å²) >= 11 is 0. The molecule has 1 aromatic heterocycles. The highest BCUT2D eigenvalue weighted by Gasteiger charge is 2.32. The van der Waals surface area contributed by atoms with Crippen molar-refractivity contribution in [3.05, 3.63) is 58.3 Å². The van der Waals surface area contributed by atoms with Crippen LogP contribution < -0.4 is 10.5 Å². The van der Waals surface area contributed by atoms with Crippen LogP contribution in [0.25, 0.3) is 0 Å². The molecule has 1 saturated heterocycles. The summed E-state index contributed by atoms with van der Waals surface area (Å²) in [6, 6.07) is 9.82.